The van der Waals surface area contributed by atoms with E-state index in [1.54, 1.807) is 18.2 Å². The molecule has 2 aliphatic carbocycles. The number of aromatic hydroxyl groups is 4. The summed E-state index contributed by atoms with van der Waals surface area (Å²) >= 11 is 0. The Bertz CT molecular complexity index is 1800. The fraction of sp³-hybridized carbons (Fsp3) is 0.333. The normalized spacial score (nSPS) is 20.2. The summed E-state index contributed by atoms with van der Waals surface area (Å²) in [4.78, 5) is 27.2. The van der Waals surface area contributed by atoms with E-state index in [-0.39, 0.29) is 34.7 Å². The number of ether oxygens (including phenoxy) is 1. The fourth-order valence-electron chi connectivity index (χ4n) is 8.15. The third-order valence-electron chi connectivity index (χ3n) is 10.2. The van der Waals surface area contributed by atoms with E-state index in [0.717, 1.165) is 67.2 Å². The van der Waals surface area contributed by atoms with E-state index < -0.39 is 17.3 Å². The molecule has 2 fully saturated rings. The van der Waals surface area contributed by atoms with Crippen LogP contribution in [0.4, 0.5) is 0 Å². The lowest BCUT2D eigenvalue weighted by Crippen LogP contribution is -2.57. The molecule has 2 atom stereocenters. The molecule has 0 aromatic heterocycles. The monoisotopic (exact) mass is 652 g/mol. The zero-order chi connectivity index (χ0) is 34.5. The molecule has 2 saturated carbocycles. The van der Waals surface area contributed by atoms with Gasteiger partial charge in [0.1, 0.15) is 5.60 Å². The van der Waals surface area contributed by atoms with Gasteiger partial charge in [-0.3, -0.25) is 0 Å². The van der Waals surface area contributed by atoms with E-state index in [1.807, 2.05) is 55.5 Å². The Labute approximate surface area is 279 Å². The molecule has 48 heavy (non-hydrogen) atoms. The summed E-state index contributed by atoms with van der Waals surface area (Å²) in [7, 11) is 0. The van der Waals surface area contributed by atoms with E-state index >= 15 is 0 Å². The second-order valence-corrected chi connectivity index (χ2v) is 12.7. The van der Waals surface area contributed by atoms with Gasteiger partial charge < -0.3 is 30.3 Å². The summed E-state index contributed by atoms with van der Waals surface area (Å²) < 4.78 is 6.72. The largest absolute Gasteiger partial charge is 0.504 e. The van der Waals surface area contributed by atoms with Gasteiger partial charge in [0.15, 0.2) is 23.0 Å². The lowest BCUT2D eigenvalue weighted by atomic mass is 9.51. The lowest BCUT2D eigenvalue weighted by Gasteiger charge is -2.58. The van der Waals surface area contributed by atoms with Crippen LogP contribution < -0.4 is 4.74 Å². The number of carboxylic acids is 1. The van der Waals surface area contributed by atoms with Crippen LogP contribution in [0.3, 0.4) is 0 Å². The smallest absolute Gasteiger partial charge is 0.373 e. The summed E-state index contributed by atoms with van der Waals surface area (Å²) in [6.07, 6.45) is 9.48. The Morgan fingerprint density at radius 1 is 0.729 bits per heavy atom. The molecule has 1 heterocycles. The van der Waals surface area contributed by atoms with E-state index in [4.69, 9.17) is 19.4 Å². The van der Waals surface area contributed by atoms with Gasteiger partial charge in [-0.1, -0.05) is 86.3 Å². The van der Waals surface area contributed by atoms with Crippen molar-refractivity contribution in [3.63, 3.8) is 0 Å². The molecule has 2 unspecified atom stereocenters. The van der Waals surface area contributed by atoms with E-state index in [9.17, 15) is 25.2 Å². The molecule has 3 aliphatic rings. The van der Waals surface area contributed by atoms with E-state index in [0.29, 0.717) is 23.3 Å². The molecule has 7 rings (SSSR count). The first-order chi connectivity index (χ1) is 23.1. The molecular weight excluding hydrogens is 612 g/mol. The number of hydrogen-bond acceptors (Lipinski definition) is 8. The number of rotatable bonds is 3. The molecule has 9 heteroatoms. The van der Waals surface area contributed by atoms with Crippen LogP contribution in [0.1, 0.15) is 84.8 Å². The maximum Gasteiger partial charge on any atom is 0.373 e. The predicted molar refractivity (Wildman–Crippen MR) is 177 cm³/mol. The molecule has 5 N–H and O–H groups in total. The van der Waals surface area contributed by atoms with Crippen LogP contribution in [0.2, 0.25) is 0 Å². The van der Waals surface area contributed by atoms with Gasteiger partial charge in [0.2, 0.25) is 5.75 Å². The van der Waals surface area contributed by atoms with Crippen LogP contribution in [0.15, 0.2) is 78.9 Å². The standard InChI is InChI=1S/C25H30O5.C13H10O2.CO2/c1-15-8-9-17-23(20(15)27)30-25(16-10-11-18(26)22(29)21(16)28)14-6-3-7-19(25)24(17)12-4-2-5-13-24;14-13(15)12-9-5-4-8-11(12)10-6-2-1-3-7-10;2-1-3/h8-11,19,26-29H,2-7,12-14H2,1H3;1-9H,(H,14,15);. The summed E-state index contributed by atoms with van der Waals surface area (Å²) in [6, 6.07) is 23.7. The van der Waals surface area contributed by atoms with Gasteiger partial charge in [-0.25, -0.2) is 4.79 Å². The Balaban J connectivity index is 0.000000210. The first-order valence-electron chi connectivity index (χ1n) is 16.2. The average Bonchev–Trinajstić information content (AvgIpc) is 3.10. The molecule has 250 valence electrons. The van der Waals surface area contributed by atoms with E-state index in [2.05, 4.69) is 6.07 Å². The summed E-state index contributed by atoms with van der Waals surface area (Å²) in [5.41, 5.74) is 3.42. The summed E-state index contributed by atoms with van der Waals surface area (Å²) in [6.45, 7) is 1.87. The van der Waals surface area contributed by atoms with Crippen LogP contribution in [0.25, 0.3) is 11.1 Å². The Morgan fingerprint density at radius 3 is 2.04 bits per heavy atom. The van der Waals surface area contributed by atoms with Crippen LogP contribution in [0, 0.1) is 12.8 Å². The van der Waals surface area contributed by atoms with Gasteiger partial charge in [0.25, 0.3) is 0 Å². The second-order valence-electron chi connectivity index (χ2n) is 12.7. The highest BCUT2D eigenvalue weighted by atomic mass is 16.5. The molecular formula is C39H40O9. The number of hydrogen-bond donors (Lipinski definition) is 5. The quantitative estimate of drug-likeness (QED) is 0.138. The average molecular weight is 653 g/mol. The number of benzene rings is 4. The zero-order valence-corrected chi connectivity index (χ0v) is 26.8. The minimum Gasteiger partial charge on any atom is -0.504 e. The highest BCUT2D eigenvalue weighted by Gasteiger charge is 2.60. The number of carboxylic acid groups (broad SMARTS) is 1. The molecule has 1 aliphatic heterocycles. The number of carbonyl (C=O) groups excluding carboxylic acids is 2. The molecule has 0 bridgehead atoms. The second kappa shape index (κ2) is 14.2. The lowest BCUT2D eigenvalue weighted by molar-refractivity contribution is -0.191. The van der Waals surface area contributed by atoms with Crippen LogP contribution in [0.5, 0.6) is 28.7 Å². The number of fused-ring (bicyclic) bond motifs is 4. The molecule has 4 aromatic rings. The first-order valence-corrected chi connectivity index (χ1v) is 16.2. The van der Waals surface area contributed by atoms with Crippen molar-refractivity contribution in [3.8, 4) is 39.9 Å². The molecule has 4 aromatic carbocycles. The fourth-order valence-corrected chi connectivity index (χ4v) is 8.15. The maximum atomic E-state index is 11.0. The highest BCUT2D eigenvalue weighted by Crippen LogP contribution is 2.65. The van der Waals surface area contributed by atoms with Crippen LogP contribution in [-0.4, -0.2) is 37.7 Å². The van der Waals surface area contributed by atoms with Crippen molar-refractivity contribution < 1.29 is 44.7 Å². The zero-order valence-electron chi connectivity index (χ0n) is 26.8. The summed E-state index contributed by atoms with van der Waals surface area (Å²) in [5.74, 6) is -1.24. The number of phenolic OH excluding ortho intramolecular Hbond substituents is 4. The first kappa shape index (κ1) is 34.1. The Kier molecular flexibility index (Phi) is 10.1. The van der Waals surface area contributed by atoms with Gasteiger partial charge in [-0.05, 0) is 73.9 Å². The van der Waals surface area contributed by atoms with Gasteiger partial charge in [0.05, 0.1) is 5.56 Å². The SMILES string of the molecule is Cc1ccc2c(c1O)OC1(c3ccc(O)c(O)c3O)CCCCC1C21CCCCC1.O=C(O)c1ccccc1-c1ccccc1.O=C=O. The Hall–Kier alpha value is -5.27. The van der Waals surface area contributed by atoms with Crippen molar-refractivity contribution in [2.75, 3.05) is 0 Å². The summed E-state index contributed by atoms with van der Waals surface area (Å²) in [5, 5.41) is 51.1. The number of carbonyl (C=O) groups is 1. The van der Waals surface area contributed by atoms with Gasteiger partial charge in [-0.2, -0.15) is 9.59 Å². The topological polar surface area (TPSA) is 162 Å². The van der Waals surface area contributed by atoms with Crippen LogP contribution in [-0.2, 0) is 20.6 Å². The van der Waals surface area contributed by atoms with Crippen molar-refractivity contribution >= 4 is 12.1 Å². The molecule has 9 nitrogen and oxygen atoms in total. The molecule has 0 radical (unpaired) electrons. The molecule has 0 saturated heterocycles. The minimum absolute atomic E-state index is 0.128. The van der Waals surface area contributed by atoms with Crippen molar-refractivity contribution in [1.82, 2.24) is 0 Å². The van der Waals surface area contributed by atoms with Gasteiger partial charge >= 0.3 is 12.1 Å². The van der Waals surface area contributed by atoms with Crippen molar-refractivity contribution in [2.45, 2.75) is 75.7 Å². The number of aromatic carboxylic acids is 1. The van der Waals surface area contributed by atoms with Gasteiger partial charge in [0, 0.05) is 22.5 Å². The maximum absolute atomic E-state index is 11.0. The Morgan fingerprint density at radius 2 is 1.35 bits per heavy atom. The highest BCUT2D eigenvalue weighted by molar-refractivity contribution is 5.95. The molecule has 1 spiro atoms. The third-order valence-corrected chi connectivity index (χ3v) is 10.2. The predicted octanol–water partition coefficient (Wildman–Crippen LogP) is 7.97. The van der Waals surface area contributed by atoms with Crippen molar-refractivity contribution in [2.24, 2.45) is 5.92 Å². The third kappa shape index (κ3) is 6.09. The van der Waals surface area contributed by atoms with Crippen molar-refractivity contribution in [1.29, 1.82) is 0 Å². The van der Waals surface area contributed by atoms with Crippen LogP contribution >= 0.6 is 0 Å². The number of phenols is 4. The van der Waals surface area contributed by atoms with Gasteiger partial charge in [-0.15, -0.1) is 0 Å². The van der Waals surface area contributed by atoms with E-state index in [1.165, 1.54) is 12.5 Å². The number of aryl methyl sites for hydroxylation is 1. The van der Waals surface area contributed by atoms with Crippen molar-refractivity contribution in [3.05, 3.63) is 101 Å². The minimum atomic E-state index is -0.894. The molecule has 0 amide bonds.